The number of aromatic nitrogens is 2. The van der Waals surface area contributed by atoms with E-state index in [-0.39, 0.29) is 11.7 Å². The van der Waals surface area contributed by atoms with Crippen molar-refractivity contribution in [2.24, 2.45) is 5.41 Å². The van der Waals surface area contributed by atoms with Crippen LogP contribution in [0.15, 0.2) is 24.2 Å². The number of hydrogen-bond donors (Lipinski definition) is 0. The Balaban J connectivity index is 2.27. The molecule has 0 saturated carbocycles. The van der Waals surface area contributed by atoms with Crippen LogP contribution in [-0.4, -0.2) is 22.4 Å². The minimum Gasteiger partial charge on any atom is -0.490 e. The Labute approximate surface area is 113 Å². The molecule has 1 aromatic rings. The quantitative estimate of drug-likeness (QED) is 0.820. The van der Waals surface area contributed by atoms with Crippen molar-refractivity contribution < 1.29 is 9.53 Å². The van der Waals surface area contributed by atoms with Crippen LogP contribution in [-0.2, 0) is 9.53 Å². The van der Waals surface area contributed by atoms with E-state index in [2.05, 4.69) is 9.97 Å². The zero-order valence-corrected chi connectivity index (χ0v) is 11.9. The molecule has 4 heteroatoms. The third-order valence-electron chi connectivity index (χ3n) is 3.10. The van der Waals surface area contributed by atoms with Crippen molar-refractivity contribution in [2.75, 3.05) is 6.61 Å². The van der Waals surface area contributed by atoms with Gasteiger partial charge in [0.05, 0.1) is 18.0 Å². The SMILES string of the molecule is Cc1cncc([C@H]2C=C(C(=O)C(C)(C)C)OCC2)n1. The Bertz CT molecular complexity index is 515. The lowest BCUT2D eigenvalue weighted by Gasteiger charge is -2.25. The summed E-state index contributed by atoms with van der Waals surface area (Å²) in [6.07, 6.45) is 6.21. The van der Waals surface area contributed by atoms with Gasteiger partial charge in [-0.15, -0.1) is 0 Å². The highest BCUT2D eigenvalue weighted by Gasteiger charge is 2.29. The van der Waals surface area contributed by atoms with Gasteiger partial charge in [0, 0.05) is 23.7 Å². The van der Waals surface area contributed by atoms with Crippen molar-refractivity contribution in [3.05, 3.63) is 35.6 Å². The molecule has 1 aliphatic heterocycles. The zero-order valence-electron chi connectivity index (χ0n) is 11.9. The van der Waals surface area contributed by atoms with Gasteiger partial charge in [-0.3, -0.25) is 14.8 Å². The predicted octanol–water partition coefficient (Wildman–Crippen LogP) is 2.79. The van der Waals surface area contributed by atoms with Gasteiger partial charge < -0.3 is 4.74 Å². The number of carbonyl (C=O) groups excluding carboxylic acids is 1. The smallest absolute Gasteiger partial charge is 0.202 e. The van der Waals surface area contributed by atoms with Crippen LogP contribution in [0.2, 0.25) is 0 Å². The van der Waals surface area contributed by atoms with E-state index in [9.17, 15) is 4.79 Å². The number of ketones is 1. The van der Waals surface area contributed by atoms with Crippen LogP contribution < -0.4 is 0 Å². The van der Waals surface area contributed by atoms with E-state index < -0.39 is 5.41 Å². The van der Waals surface area contributed by atoms with Gasteiger partial charge in [-0.05, 0) is 19.4 Å². The molecular formula is C15H20N2O2. The predicted molar refractivity (Wildman–Crippen MR) is 72.6 cm³/mol. The van der Waals surface area contributed by atoms with Crippen LogP contribution in [0.3, 0.4) is 0 Å². The molecule has 4 nitrogen and oxygen atoms in total. The van der Waals surface area contributed by atoms with E-state index in [4.69, 9.17) is 4.74 Å². The minimum atomic E-state index is -0.425. The first-order chi connectivity index (χ1) is 8.88. The first-order valence-corrected chi connectivity index (χ1v) is 6.56. The maximum absolute atomic E-state index is 12.2. The Morgan fingerprint density at radius 2 is 2.11 bits per heavy atom. The van der Waals surface area contributed by atoms with Gasteiger partial charge in [-0.1, -0.05) is 20.8 Å². The number of aryl methyl sites for hydroxylation is 1. The van der Waals surface area contributed by atoms with Gasteiger partial charge in [0.2, 0.25) is 5.78 Å². The van der Waals surface area contributed by atoms with Crippen molar-refractivity contribution in [3.63, 3.8) is 0 Å². The molecular weight excluding hydrogens is 240 g/mol. The summed E-state index contributed by atoms with van der Waals surface area (Å²) in [5.74, 6) is 0.618. The molecule has 102 valence electrons. The van der Waals surface area contributed by atoms with Gasteiger partial charge in [0.25, 0.3) is 0 Å². The number of hydrogen-bond acceptors (Lipinski definition) is 4. The molecule has 0 unspecified atom stereocenters. The van der Waals surface area contributed by atoms with Crippen LogP contribution in [0.5, 0.6) is 0 Å². The summed E-state index contributed by atoms with van der Waals surface area (Å²) >= 11 is 0. The molecule has 0 bridgehead atoms. The molecule has 1 atom stereocenters. The molecule has 2 heterocycles. The van der Waals surface area contributed by atoms with Crippen LogP contribution in [0.4, 0.5) is 0 Å². The van der Waals surface area contributed by atoms with Gasteiger partial charge >= 0.3 is 0 Å². The molecule has 0 radical (unpaired) electrons. The third kappa shape index (κ3) is 3.19. The molecule has 0 amide bonds. The summed E-state index contributed by atoms with van der Waals surface area (Å²) in [6, 6.07) is 0. The van der Waals surface area contributed by atoms with E-state index in [1.54, 1.807) is 12.4 Å². The molecule has 19 heavy (non-hydrogen) atoms. The maximum atomic E-state index is 12.2. The Morgan fingerprint density at radius 1 is 1.37 bits per heavy atom. The summed E-state index contributed by atoms with van der Waals surface area (Å²) in [7, 11) is 0. The lowest BCUT2D eigenvalue weighted by atomic mass is 9.87. The standard InChI is InChI=1S/C15H20N2O2/c1-10-8-16-9-12(17-10)11-5-6-19-13(7-11)14(18)15(2,3)4/h7-9,11H,5-6H2,1-4H3/t11-/m1/s1. The number of ether oxygens (including phenoxy) is 1. The summed E-state index contributed by atoms with van der Waals surface area (Å²) in [6.45, 7) is 8.16. The molecule has 0 fully saturated rings. The molecule has 0 saturated heterocycles. The lowest BCUT2D eigenvalue weighted by molar-refractivity contribution is -0.126. The van der Waals surface area contributed by atoms with Crippen molar-refractivity contribution in [1.82, 2.24) is 9.97 Å². The van der Waals surface area contributed by atoms with Crippen LogP contribution in [0, 0.1) is 12.3 Å². The first kappa shape index (κ1) is 13.7. The van der Waals surface area contributed by atoms with Crippen molar-refractivity contribution in [2.45, 2.75) is 40.0 Å². The molecule has 1 aliphatic rings. The molecule has 0 N–H and O–H groups in total. The minimum absolute atomic E-state index is 0.0396. The first-order valence-electron chi connectivity index (χ1n) is 6.56. The average molecular weight is 260 g/mol. The van der Waals surface area contributed by atoms with E-state index in [1.165, 1.54) is 0 Å². The monoisotopic (exact) mass is 260 g/mol. The Kier molecular flexibility index (Phi) is 3.69. The number of rotatable bonds is 2. The van der Waals surface area contributed by atoms with E-state index in [0.717, 1.165) is 17.8 Å². The summed E-state index contributed by atoms with van der Waals surface area (Å²) < 4.78 is 5.51. The average Bonchev–Trinajstić information content (AvgIpc) is 2.37. The van der Waals surface area contributed by atoms with Crippen LogP contribution in [0.25, 0.3) is 0 Å². The van der Waals surface area contributed by atoms with E-state index >= 15 is 0 Å². The van der Waals surface area contributed by atoms with Gasteiger partial charge in [-0.25, -0.2) is 0 Å². The molecule has 2 rings (SSSR count). The lowest BCUT2D eigenvalue weighted by Crippen LogP contribution is -2.26. The van der Waals surface area contributed by atoms with Gasteiger partial charge in [0.15, 0.2) is 5.76 Å². The molecule has 0 aromatic carbocycles. The number of carbonyl (C=O) groups is 1. The number of Topliss-reactive ketones (excluding diaryl/α,β-unsaturated/α-hetero) is 1. The maximum Gasteiger partial charge on any atom is 0.202 e. The third-order valence-corrected chi connectivity index (χ3v) is 3.10. The summed E-state index contributed by atoms with van der Waals surface area (Å²) in [4.78, 5) is 20.9. The van der Waals surface area contributed by atoms with Crippen molar-refractivity contribution in [1.29, 1.82) is 0 Å². The highest BCUT2D eigenvalue weighted by atomic mass is 16.5. The number of allylic oxidation sites excluding steroid dienone is 2. The fraction of sp³-hybridized carbons (Fsp3) is 0.533. The highest BCUT2D eigenvalue weighted by molar-refractivity contribution is 5.97. The highest BCUT2D eigenvalue weighted by Crippen LogP contribution is 2.29. The topological polar surface area (TPSA) is 52.1 Å². The van der Waals surface area contributed by atoms with Gasteiger partial charge in [0.1, 0.15) is 0 Å². The summed E-state index contributed by atoms with van der Waals surface area (Å²) in [5.41, 5.74) is 1.37. The molecule has 1 aromatic heterocycles. The van der Waals surface area contributed by atoms with Crippen LogP contribution in [0.1, 0.15) is 44.5 Å². The largest absolute Gasteiger partial charge is 0.490 e. The van der Waals surface area contributed by atoms with Gasteiger partial charge in [-0.2, -0.15) is 0 Å². The fourth-order valence-electron chi connectivity index (χ4n) is 2.02. The second-order valence-corrected chi connectivity index (χ2v) is 5.94. The summed E-state index contributed by atoms with van der Waals surface area (Å²) in [5, 5.41) is 0. The zero-order chi connectivity index (χ0) is 14.0. The molecule has 0 aliphatic carbocycles. The van der Waals surface area contributed by atoms with Crippen molar-refractivity contribution >= 4 is 5.78 Å². The van der Waals surface area contributed by atoms with Crippen molar-refractivity contribution in [3.8, 4) is 0 Å². The number of nitrogens with zero attached hydrogens (tertiary/aromatic N) is 2. The Morgan fingerprint density at radius 3 is 2.74 bits per heavy atom. The fourth-order valence-corrected chi connectivity index (χ4v) is 2.02. The molecule has 0 spiro atoms. The normalized spacial score (nSPS) is 19.6. The van der Waals surface area contributed by atoms with E-state index in [1.807, 2.05) is 33.8 Å². The van der Waals surface area contributed by atoms with Crippen LogP contribution >= 0.6 is 0 Å². The Hall–Kier alpha value is -1.71. The second kappa shape index (κ2) is 5.11. The second-order valence-electron chi connectivity index (χ2n) is 5.94. The van der Waals surface area contributed by atoms with E-state index in [0.29, 0.717) is 12.4 Å².